The maximum Gasteiger partial charge on any atom is 0.172 e. The molecule has 1 heterocycles. The summed E-state index contributed by atoms with van der Waals surface area (Å²) in [4.78, 5) is 4.25. The average molecular weight is 269 g/mol. The zero-order valence-electron chi connectivity index (χ0n) is 7.64. The second-order valence-electron chi connectivity index (χ2n) is 2.76. The van der Waals surface area contributed by atoms with E-state index in [1.807, 2.05) is 30.8 Å². The van der Waals surface area contributed by atoms with Crippen molar-refractivity contribution in [3.05, 3.63) is 41.1 Å². The van der Waals surface area contributed by atoms with Crippen LogP contribution in [0.3, 0.4) is 0 Å². The van der Waals surface area contributed by atoms with Crippen LogP contribution in [0.5, 0.6) is 0 Å². The van der Waals surface area contributed by atoms with Crippen molar-refractivity contribution in [2.75, 3.05) is 6.26 Å². The molecule has 0 fully saturated rings. The quantitative estimate of drug-likeness (QED) is 0.778. The molecule has 1 aromatic heterocycles. The van der Waals surface area contributed by atoms with Crippen LogP contribution in [0.15, 0.2) is 46.3 Å². The molecule has 0 radical (unpaired) electrons. The van der Waals surface area contributed by atoms with Crippen molar-refractivity contribution >= 4 is 27.7 Å². The molecule has 1 aromatic carbocycles. The van der Waals surface area contributed by atoms with Gasteiger partial charge in [0.05, 0.1) is 0 Å². The number of benzene rings is 1. The van der Waals surface area contributed by atoms with Gasteiger partial charge in [-0.25, -0.2) is 4.98 Å². The number of imidazole rings is 1. The number of nitrogens with zero attached hydrogens (tertiary/aromatic N) is 2. The van der Waals surface area contributed by atoms with Gasteiger partial charge < -0.3 is 0 Å². The van der Waals surface area contributed by atoms with Gasteiger partial charge in [-0.15, -0.1) is 0 Å². The lowest BCUT2D eigenvalue weighted by Crippen LogP contribution is -1.93. The average Bonchev–Trinajstić information content (AvgIpc) is 2.67. The van der Waals surface area contributed by atoms with Crippen LogP contribution in [-0.2, 0) is 0 Å². The van der Waals surface area contributed by atoms with Gasteiger partial charge in [-0.3, -0.25) is 4.57 Å². The van der Waals surface area contributed by atoms with Crippen LogP contribution in [0.1, 0.15) is 0 Å². The van der Waals surface area contributed by atoms with Crippen molar-refractivity contribution < 1.29 is 0 Å². The van der Waals surface area contributed by atoms with E-state index in [2.05, 4.69) is 37.6 Å². The zero-order chi connectivity index (χ0) is 9.97. The topological polar surface area (TPSA) is 17.8 Å². The lowest BCUT2D eigenvalue weighted by molar-refractivity contribution is 0.897. The van der Waals surface area contributed by atoms with Crippen molar-refractivity contribution in [1.82, 2.24) is 9.55 Å². The molecule has 72 valence electrons. The Hall–Kier alpha value is -0.740. The molecule has 0 aliphatic heterocycles. The van der Waals surface area contributed by atoms with E-state index in [9.17, 15) is 0 Å². The maximum absolute atomic E-state index is 4.25. The minimum atomic E-state index is 1.01. The molecule has 0 aliphatic carbocycles. The summed E-state index contributed by atoms with van der Waals surface area (Å²) in [6.45, 7) is 0. The molecule has 0 spiro atoms. The molecule has 2 nitrogen and oxygen atoms in total. The smallest absolute Gasteiger partial charge is 0.172 e. The van der Waals surface area contributed by atoms with Gasteiger partial charge >= 0.3 is 0 Å². The Bertz CT molecular complexity index is 422. The van der Waals surface area contributed by atoms with Crippen molar-refractivity contribution in [3.8, 4) is 5.69 Å². The highest BCUT2D eigenvalue weighted by atomic mass is 79.9. The van der Waals surface area contributed by atoms with Gasteiger partial charge in [0.25, 0.3) is 0 Å². The third kappa shape index (κ3) is 1.86. The fourth-order valence-electron chi connectivity index (χ4n) is 1.24. The van der Waals surface area contributed by atoms with Crippen molar-refractivity contribution in [2.24, 2.45) is 0 Å². The molecule has 0 aliphatic rings. The number of hydrogen-bond donors (Lipinski definition) is 0. The van der Waals surface area contributed by atoms with Crippen LogP contribution in [0.2, 0.25) is 0 Å². The second kappa shape index (κ2) is 4.19. The summed E-state index contributed by atoms with van der Waals surface area (Å²) in [5.74, 6) is 0. The number of halogens is 1. The van der Waals surface area contributed by atoms with E-state index in [-0.39, 0.29) is 0 Å². The highest BCUT2D eigenvalue weighted by Crippen LogP contribution is 2.19. The van der Waals surface area contributed by atoms with Gasteiger partial charge in [-0.1, -0.05) is 27.7 Å². The Morgan fingerprint density at radius 1 is 1.29 bits per heavy atom. The van der Waals surface area contributed by atoms with Crippen LogP contribution in [0, 0.1) is 0 Å². The van der Waals surface area contributed by atoms with Crippen LogP contribution < -0.4 is 0 Å². The SMILES string of the molecule is CSc1nccn1-c1ccc(Br)cc1. The summed E-state index contributed by atoms with van der Waals surface area (Å²) in [7, 11) is 0. The Kier molecular flexibility index (Phi) is 2.93. The van der Waals surface area contributed by atoms with Gasteiger partial charge in [-0.2, -0.15) is 0 Å². The highest BCUT2D eigenvalue weighted by molar-refractivity contribution is 9.10. The highest BCUT2D eigenvalue weighted by Gasteiger charge is 2.02. The normalized spacial score (nSPS) is 10.4. The first-order valence-corrected chi connectivity index (χ1v) is 6.16. The third-order valence-corrected chi connectivity index (χ3v) is 3.09. The summed E-state index contributed by atoms with van der Waals surface area (Å²) < 4.78 is 3.16. The van der Waals surface area contributed by atoms with Crippen molar-refractivity contribution in [1.29, 1.82) is 0 Å². The zero-order valence-corrected chi connectivity index (χ0v) is 10.0. The fraction of sp³-hybridized carbons (Fsp3) is 0.100. The van der Waals surface area contributed by atoms with Gasteiger partial charge in [-0.05, 0) is 30.5 Å². The first-order valence-electron chi connectivity index (χ1n) is 4.14. The number of thioether (sulfide) groups is 1. The van der Waals surface area contributed by atoms with Crippen LogP contribution >= 0.6 is 27.7 Å². The fourth-order valence-corrected chi connectivity index (χ4v) is 2.03. The molecule has 0 amide bonds. The molecule has 0 atom stereocenters. The predicted octanol–water partition coefficient (Wildman–Crippen LogP) is 3.36. The molecule has 0 unspecified atom stereocenters. The molecule has 0 saturated carbocycles. The second-order valence-corrected chi connectivity index (χ2v) is 4.45. The summed E-state index contributed by atoms with van der Waals surface area (Å²) >= 11 is 5.06. The summed E-state index contributed by atoms with van der Waals surface area (Å²) in [6.07, 6.45) is 5.81. The predicted molar refractivity (Wildman–Crippen MR) is 63.0 cm³/mol. The van der Waals surface area contributed by atoms with E-state index in [1.165, 1.54) is 0 Å². The van der Waals surface area contributed by atoms with Crippen molar-refractivity contribution in [2.45, 2.75) is 5.16 Å². The molecule has 14 heavy (non-hydrogen) atoms. The molecular formula is C10H9BrN2S. The van der Waals surface area contributed by atoms with Gasteiger partial charge in [0.1, 0.15) is 0 Å². The number of rotatable bonds is 2. The minimum absolute atomic E-state index is 1.01. The molecule has 0 bridgehead atoms. The minimum Gasteiger partial charge on any atom is -0.295 e. The lowest BCUT2D eigenvalue weighted by atomic mass is 10.3. The summed E-state index contributed by atoms with van der Waals surface area (Å²) in [5, 5.41) is 1.01. The Morgan fingerprint density at radius 3 is 2.64 bits per heavy atom. The third-order valence-electron chi connectivity index (χ3n) is 1.89. The van der Waals surface area contributed by atoms with E-state index < -0.39 is 0 Å². The lowest BCUT2D eigenvalue weighted by Gasteiger charge is -2.05. The van der Waals surface area contributed by atoms with E-state index in [1.54, 1.807) is 11.8 Å². The van der Waals surface area contributed by atoms with Crippen LogP contribution in [0.4, 0.5) is 0 Å². The van der Waals surface area contributed by atoms with Crippen LogP contribution in [0.25, 0.3) is 5.69 Å². The van der Waals surface area contributed by atoms with Gasteiger partial charge in [0, 0.05) is 22.6 Å². The summed E-state index contributed by atoms with van der Waals surface area (Å²) in [6, 6.07) is 8.18. The molecular weight excluding hydrogens is 260 g/mol. The molecule has 4 heteroatoms. The monoisotopic (exact) mass is 268 g/mol. The standard InChI is InChI=1S/C10H9BrN2S/c1-14-10-12-6-7-13(10)9-4-2-8(11)3-5-9/h2-7H,1H3. The molecule has 0 saturated heterocycles. The number of aromatic nitrogens is 2. The molecule has 2 aromatic rings. The van der Waals surface area contributed by atoms with E-state index >= 15 is 0 Å². The Balaban J connectivity index is 2.44. The van der Waals surface area contributed by atoms with Gasteiger partial charge in [0.15, 0.2) is 5.16 Å². The van der Waals surface area contributed by atoms with E-state index in [4.69, 9.17) is 0 Å². The van der Waals surface area contributed by atoms with E-state index in [0.29, 0.717) is 0 Å². The van der Waals surface area contributed by atoms with Crippen LogP contribution in [-0.4, -0.2) is 15.8 Å². The van der Waals surface area contributed by atoms with Crippen molar-refractivity contribution in [3.63, 3.8) is 0 Å². The number of hydrogen-bond acceptors (Lipinski definition) is 2. The van der Waals surface area contributed by atoms with E-state index in [0.717, 1.165) is 15.3 Å². The maximum atomic E-state index is 4.25. The first kappa shape index (κ1) is 9.80. The Morgan fingerprint density at radius 2 is 2.00 bits per heavy atom. The summed E-state index contributed by atoms with van der Waals surface area (Å²) in [5.41, 5.74) is 1.13. The Labute approximate surface area is 95.5 Å². The molecule has 2 rings (SSSR count). The first-order chi connectivity index (χ1) is 6.81. The van der Waals surface area contributed by atoms with Gasteiger partial charge in [0.2, 0.25) is 0 Å². The largest absolute Gasteiger partial charge is 0.295 e. The molecule has 0 N–H and O–H groups in total.